The highest BCUT2D eigenvalue weighted by molar-refractivity contribution is 6.15. The lowest BCUT2D eigenvalue weighted by Crippen LogP contribution is -2.42. The van der Waals surface area contributed by atoms with Gasteiger partial charge in [-0.1, -0.05) is 31.2 Å². The summed E-state index contributed by atoms with van der Waals surface area (Å²) in [6, 6.07) is 15.2. The molecule has 1 N–H and O–H groups in total. The van der Waals surface area contributed by atoms with Crippen molar-refractivity contribution in [3.05, 3.63) is 59.7 Å². The molecule has 27 heavy (non-hydrogen) atoms. The summed E-state index contributed by atoms with van der Waals surface area (Å²) in [6.45, 7) is 5.57. The molecule has 0 saturated carbocycles. The fraction of sp³-hybridized carbons (Fsp3) is 0.364. The summed E-state index contributed by atoms with van der Waals surface area (Å²) in [5, 5.41) is 2.82. The lowest BCUT2D eigenvalue weighted by atomic mass is 9.99. The van der Waals surface area contributed by atoms with Crippen LogP contribution in [0.15, 0.2) is 48.5 Å². The molecule has 1 fully saturated rings. The van der Waals surface area contributed by atoms with Gasteiger partial charge >= 0.3 is 0 Å². The molecule has 2 heterocycles. The normalized spacial score (nSPS) is 18.1. The standard InChI is InChI=1S/C22H25N3O2/c1-16-10-12-24(13-11-16)14-17-6-8-18(9-7-17)22(27)25-15-21(26)23-19-4-2-3-5-20(19)25/h2-9,16H,10-15H2,1H3,(H,23,26). The number of amides is 2. The highest BCUT2D eigenvalue weighted by atomic mass is 16.2. The van der Waals surface area contributed by atoms with E-state index in [0.29, 0.717) is 11.3 Å². The Bertz CT molecular complexity index is 839. The third-order valence-electron chi connectivity index (χ3n) is 5.50. The first-order chi connectivity index (χ1) is 13.1. The van der Waals surface area contributed by atoms with Gasteiger partial charge in [-0.15, -0.1) is 0 Å². The monoisotopic (exact) mass is 363 g/mol. The Labute approximate surface area is 160 Å². The van der Waals surface area contributed by atoms with Gasteiger partial charge < -0.3 is 5.32 Å². The third-order valence-corrected chi connectivity index (χ3v) is 5.50. The molecule has 5 nitrogen and oxygen atoms in total. The molecule has 2 aromatic carbocycles. The van der Waals surface area contributed by atoms with Crippen molar-refractivity contribution in [1.82, 2.24) is 4.90 Å². The van der Waals surface area contributed by atoms with Crippen molar-refractivity contribution in [2.45, 2.75) is 26.3 Å². The Morgan fingerprint density at radius 1 is 1.07 bits per heavy atom. The van der Waals surface area contributed by atoms with E-state index < -0.39 is 0 Å². The minimum atomic E-state index is -0.169. The second kappa shape index (κ2) is 7.53. The first-order valence-corrected chi connectivity index (χ1v) is 9.62. The average Bonchev–Trinajstić information content (AvgIpc) is 2.69. The molecular formula is C22H25N3O2. The van der Waals surface area contributed by atoms with Crippen molar-refractivity contribution in [2.75, 3.05) is 29.9 Å². The summed E-state index contributed by atoms with van der Waals surface area (Å²) in [6.07, 6.45) is 2.51. The highest BCUT2D eigenvalue weighted by Gasteiger charge is 2.27. The molecule has 0 bridgehead atoms. The first kappa shape index (κ1) is 17.7. The van der Waals surface area contributed by atoms with E-state index in [2.05, 4.69) is 17.1 Å². The summed E-state index contributed by atoms with van der Waals surface area (Å²) >= 11 is 0. The number of likely N-dealkylation sites (tertiary alicyclic amines) is 1. The van der Waals surface area contributed by atoms with E-state index in [1.54, 1.807) is 4.90 Å². The molecular weight excluding hydrogens is 338 g/mol. The minimum Gasteiger partial charge on any atom is -0.323 e. The van der Waals surface area contributed by atoms with E-state index in [0.717, 1.165) is 31.2 Å². The van der Waals surface area contributed by atoms with Crippen molar-refractivity contribution >= 4 is 23.2 Å². The second-order valence-corrected chi connectivity index (χ2v) is 7.61. The first-order valence-electron chi connectivity index (χ1n) is 9.62. The SMILES string of the molecule is CC1CCN(Cc2ccc(C(=O)N3CC(=O)Nc4ccccc43)cc2)CC1. The molecule has 2 aliphatic rings. The zero-order valence-corrected chi connectivity index (χ0v) is 15.6. The summed E-state index contributed by atoms with van der Waals surface area (Å²) in [4.78, 5) is 29.0. The molecule has 0 aromatic heterocycles. The zero-order valence-electron chi connectivity index (χ0n) is 15.6. The maximum Gasteiger partial charge on any atom is 0.258 e. The van der Waals surface area contributed by atoms with Crippen LogP contribution >= 0.6 is 0 Å². The molecule has 0 radical (unpaired) electrons. The number of fused-ring (bicyclic) bond motifs is 1. The quantitative estimate of drug-likeness (QED) is 0.908. The maximum atomic E-state index is 13.0. The van der Waals surface area contributed by atoms with Crippen LogP contribution in [0.1, 0.15) is 35.7 Å². The average molecular weight is 363 g/mol. The number of benzene rings is 2. The van der Waals surface area contributed by atoms with E-state index in [9.17, 15) is 9.59 Å². The smallest absolute Gasteiger partial charge is 0.258 e. The van der Waals surface area contributed by atoms with Crippen LogP contribution in [-0.2, 0) is 11.3 Å². The highest BCUT2D eigenvalue weighted by Crippen LogP contribution is 2.30. The van der Waals surface area contributed by atoms with E-state index >= 15 is 0 Å². The van der Waals surface area contributed by atoms with E-state index in [-0.39, 0.29) is 18.4 Å². The van der Waals surface area contributed by atoms with Crippen molar-refractivity contribution < 1.29 is 9.59 Å². The number of anilines is 2. The third kappa shape index (κ3) is 3.88. The van der Waals surface area contributed by atoms with E-state index in [4.69, 9.17) is 0 Å². The molecule has 140 valence electrons. The summed E-state index contributed by atoms with van der Waals surface area (Å²) in [5.41, 5.74) is 3.25. The van der Waals surface area contributed by atoms with Gasteiger partial charge in [0.15, 0.2) is 0 Å². The number of nitrogens with zero attached hydrogens (tertiary/aromatic N) is 2. The van der Waals surface area contributed by atoms with E-state index in [1.165, 1.54) is 18.4 Å². The van der Waals surface area contributed by atoms with Gasteiger partial charge in [-0.05, 0) is 61.7 Å². The molecule has 0 spiro atoms. The van der Waals surface area contributed by atoms with Crippen LogP contribution in [0.4, 0.5) is 11.4 Å². The molecule has 0 atom stereocenters. The van der Waals surface area contributed by atoms with Gasteiger partial charge in [0.2, 0.25) is 5.91 Å². The minimum absolute atomic E-state index is 0.0452. The number of piperidine rings is 1. The van der Waals surface area contributed by atoms with Gasteiger partial charge in [-0.25, -0.2) is 0 Å². The number of rotatable bonds is 3. The molecule has 2 aromatic rings. The number of carbonyl (C=O) groups excluding carboxylic acids is 2. The van der Waals surface area contributed by atoms with Gasteiger partial charge in [-0.3, -0.25) is 19.4 Å². The molecule has 1 saturated heterocycles. The van der Waals surface area contributed by atoms with Crippen LogP contribution < -0.4 is 10.2 Å². The number of nitrogens with one attached hydrogen (secondary N) is 1. The molecule has 5 heteroatoms. The fourth-order valence-electron chi connectivity index (χ4n) is 3.80. The topological polar surface area (TPSA) is 52.7 Å². The van der Waals surface area contributed by atoms with E-state index in [1.807, 2.05) is 48.5 Å². The molecule has 2 amide bonds. The number of hydrogen-bond acceptors (Lipinski definition) is 3. The Hall–Kier alpha value is -2.66. The summed E-state index contributed by atoms with van der Waals surface area (Å²) in [7, 11) is 0. The van der Waals surface area contributed by atoms with Crippen molar-refractivity contribution in [1.29, 1.82) is 0 Å². The predicted octanol–water partition coefficient (Wildman–Crippen LogP) is 3.52. The Balaban J connectivity index is 1.47. The van der Waals surface area contributed by atoms with Gasteiger partial charge in [0.25, 0.3) is 5.91 Å². The van der Waals surface area contributed by atoms with Crippen molar-refractivity contribution in [3.63, 3.8) is 0 Å². The molecule has 0 aliphatic carbocycles. The zero-order chi connectivity index (χ0) is 18.8. The number of hydrogen-bond donors (Lipinski definition) is 1. The van der Waals surface area contributed by atoms with Gasteiger partial charge in [0.1, 0.15) is 6.54 Å². The summed E-state index contributed by atoms with van der Waals surface area (Å²) < 4.78 is 0. The molecule has 2 aliphatic heterocycles. The van der Waals surface area contributed by atoms with Gasteiger partial charge in [-0.2, -0.15) is 0 Å². The van der Waals surface area contributed by atoms with Crippen LogP contribution in [-0.4, -0.2) is 36.3 Å². The van der Waals surface area contributed by atoms with Crippen molar-refractivity contribution in [2.24, 2.45) is 5.92 Å². The lowest BCUT2D eigenvalue weighted by molar-refractivity contribution is -0.115. The van der Waals surface area contributed by atoms with Crippen LogP contribution in [0, 0.1) is 5.92 Å². The van der Waals surface area contributed by atoms with Gasteiger partial charge in [0, 0.05) is 12.1 Å². The van der Waals surface area contributed by atoms with Crippen LogP contribution in [0.3, 0.4) is 0 Å². The number of carbonyl (C=O) groups is 2. The van der Waals surface area contributed by atoms with Crippen LogP contribution in [0.5, 0.6) is 0 Å². The molecule has 0 unspecified atom stereocenters. The maximum absolute atomic E-state index is 13.0. The largest absolute Gasteiger partial charge is 0.323 e. The predicted molar refractivity (Wildman–Crippen MR) is 107 cm³/mol. The lowest BCUT2D eigenvalue weighted by Gasteiger charge is -2.30. The fourth-order valence-corrected chi connectivity index (χ4v) is 3.80. The Morgan fingerprint density at radius 3 is 2.52 bits per heavy atom. The van der Waals surface area contributed by atoms with Crippen LogP contribution in [0.2, 0.25) is 0 Å². The van der Waals surface area contributed by atoms with Crippen LogP contribution in [0.25, 0.3) is 0 Å². The summed E-state index contributed by atoms with van der Waals surface area (Å²) in [5.74, 6) is 0.513. The number of para-hydroxylation sites is 2. The molecule has 4 rings (SSSR count). The Kier molecular flexibility index (Phi) is 4.94. The Morgan fingerprint density at radius 2 is 1.78 bits per heavy atom. The van der Waals surface area contributed by atoms with Crippen molar-refractivity contribution in [3.8, 4) is 0 Å². The second-order valence-electron chi connectivity index (χ2n) is 7.61. The van der Waals surface area contributed by atoms with Gasteiger partial charge in [0.05, 0.1) is 11.4 Å².